The first kappa shape index (κ1) is 11.4. The van der Waals surface area contributed by atoms with E-state index in [1.807, 2.05) is 0 Å². The Morgan fingerprint density at radius 2 is 1.88 bits per heavy atom. The Bertz CT molecular complexity index is 473. The number of carbonyl (C=O) groups excluding carboxylic acids is 2. The van der Waals surface area contributed by atoms with Crippen LogP contribution in [0.4, 0.5) is 0 Å². The minimum atomic E-state index is -0.734. The quantitative estimate of drug-likeness (QED) is 0.763. The molecule has 1 unspecified atom stereocenters. The third-order valence-electron chi connectivity index (χ3n) is 2.99. The number of aromatic hydroxyl groups is 1. The number of phenolic OH excluding ortho intramolecular Hbond substituents is 1. The van der Waals surface area contributed by atoms with Crippen LogP contribution in [0, 0.1) is 0 Å². The van der Waals surface area contributed by atoms with Crippen molar-refractivity contribution in [1.82, 2.24) is 9.80 Å². The van der Waals surface area contributed by atoms with Crippen molar-refractivity contribution in [3.8, 4) is 5.75 Å². The zero-order chi connectivity index (χ0) is 12.6. The van der Waals surface area contributed by atoms with E-state index in [0.717, 1.165) is 0 Å². The van der Waals surface area contributed by atoms with Gasteiger partial charge in [-0.1, -0.05) is 18.2 Å². The van der Waals surface area contributed by atoms with Gasteiger partial charge in [0.05, 0.1) is 6.54 Å². The molecule has 0 bridgehead atoms. The van der Waals surface area contributed by atoms with Gasteiger partial charge in [0.15, 0.2) is 0 Å². The van der Waals surface area contributed by atoms with Crippen molar-refractivity contribution in [3.63, 3.8) is 0 Å². The molecule has 1 atom stereocenters. The standard InChI is InChI=1S/C12H14N2O3/c1-13-7-10(16)14(2)11(12(13)17)8-5-3-4-6-9(8)15/h3-6,11,15H,7H2,1-2H3. The van der Waals surface area contributed by atoms with Crippen LogP contribution in [0.3, 0.4) is 0 Å². The number of likely N-dealkylation sites (N-methyl/N-ethyl adjacent to an activating group) is 2. The Morgan fingerprint density at radius 1 is 1.24 bits per heavy atom. The number of para-hydroxylation sites is 1. The number of amides is 2. The molecule has 0 aliphatic carbocycles. The monoisotopic (exact) mass is 234 g/mol. The van der Waals surface area contributed by atoms with E-state index in [0.29, 0.717) is 5.56 Å². The average molecular weight is 234 g/mol. The lowest BCUT2D eigenvalue weighted by molar-refractivity contribution is -0.153. The highest BCUT2D eigenvalue weighted by Gasteiger charge is 2.37. The lowest BCUT2D eigenvalue weighted by Gasteiger charge is -2.36. The van der Waals surface area contributed by atoms with Crippen molar-refractivity contribution in [3.05, 3.63) is 29.8 Å². The number of hydrogen-bond donors (Lipinski definition) is 1. The third-order valence-corrected chi connectivity index (χ3v) is 2.99. The Hall–Kier alpha value is -2.04. The number of benzene rings is 1. The van der Waals surface area contributed by atoms with E-state index < -0.39 is 6.04 Å². The van der Waals surface area contributed by atoms with Gasteiger partial charge in [0.1, 0.15) is 11.8 Å². The number of hydrogen-bond acceptors (Lipinski definition) is 3. The Labute approximate surface area is 99.3 Å². The summed E-state index contributed by atoms with van der Waals surface area (Å²) in [5.41, 5.74) is 0.458. The van der Waals surface area contributed by atoms with Crippen molar-refractivity contribution >= 4 is 11.8 Å². The summed E-state index contributed by atoms with van der Waals surface area (Å²) in [5, 5.41) is 9.76. The molecule has 1 aliphatic rings. The Kier molecular flexibility index (Phi) is 2.75. The minimum absolute atomic E-state index is 0.0285. The van der Waals surface area contributed by atoms with Gasteiger partial charge in [-0.2, -0.15) is 0 Å². The second-order valence-electron chi connectivity index (χ2n) is 4.16. The van der Waals surface area contributed by atoms with E-state index in [4.69, 9.17) is 0 Å². The van der Waals surface area contributed by atoms with E-state index in [-0.39, 0.29) is 24.1 Å². The number of phenols is 1. The van der Waals surface area contributed by atoms with Crippen molar-refractivity contribution < 1.29 is 14.7 Å². The largest absolute Gasteiger partial charge is 0.508 e. The van der Waals surface area contributed by atoms with Crippen molar-refractivity contribution in [2.24, 2.45) is 0 Å². The molecular formula is C12H14N2O3. The SMILES string of the molecule is CN1CC(=O)N(C)C(c2ccccc2O)C1=O. The van der Waals surface area contributed by atoms with Crippen molar-refractivity contribution in [2.75, 3.05) is 20.6 Å². The number of rotatable bonds is 1. The molecule has 5 nitrogen and oxygen atoms in total. The summed E-state index contributed by atoms with van der Waals surface area (Å²) >= 11 is 0. The fraction of sp³-hybridized carbons (Fsp3) is 0.333. The van der Waals surface area contributed by atoms with Gasteiger partial charge < -0.3 is 14.9 Å². The van der Waals surface area contributed by atoms with Crippen LogP contribution in [0.25, 0.3) is 0 Å². The van der Waals surface area contributed by atoms with Crippen LogP contribution < -0.4 is 0 Å². The smallest absolute Gasteiger partial charge is 0.250 e. The lowest BCUT2D eigenvalue weighted by Crippen LogP contribution is -2.52. The highest BCUT2D eigenvalue weighted by atomic mass is 16.3. The zero-order valence-corrected chi connectivity index (χ0v) is 9.75. The maximum atomic E-state index is 12.1. The first-order valence-electron chi connectivity index (χ1n) is 5.31. The van der Waals surface area contributed by atoms with E-state index in [1.54, 1.807) is 32.3 Å². The molecule has 0 spiro atoms. The van der Waals surface area contributed by atoms with Crippen molar-refractivity contribution in [2.45, 2.75) is 6.04 Å². The summed E-state index contributed by atoms with van der Waals surface area (Å²) in [6.45, 7) is 0.0828. The maximum absolute atomic E-state index is 12.1. The van der Waals surface area contributed by atoms with E-state index in [9.17, 15) is 14.7 Å². The van der Waals surface area contributed by atoms with Crippen LogP contribution in [0.1, 0.15) is 11.6 Å². The topological polar surface area (TPSA) is 60.9 Å². The lowest BCUT2D eigenvalue weighted by atomic mass is 10.0. The van der Waals surface area contributed by atoms with Gasteiger partial charge in [0.2, 0.25) is 11.8 Å². The van der Waals surface area contributed by atoms with Gasteiger partial charge in [0, 0.05) is 19.7 Å². The number of piperazine rings is 1. The predicted molar refractivity (Wildman–Crippen MR) is 61.3 cm³/mol. The van der Waals surface area contributed by atoms with Gasteiger partial charge >= 0.3 is 0 Å². The second-order valence-corrected chi connectivity index (χ2v) is 4.16. The maximum Gasteiger partial charge on any atom is 0.250 e. The first-order valence-corrected chi connectivity index (χ1v) is 5.31. The van der Waals surface area contributed by atoms with Crippen LogP contribution in [0.5, 0.6) is 5.75 Å². The molecule has 2 amide bonds. The molecule has 0 radical (unpaired) electrons. The van der Waals surface area contributed by atoms with Gasteiger partial charge in [-0.15, -0.1) is 0 Å². The van der Waals surface area contributed by atoms with Crippen molar-refractivity contribution in [1.29, 1.82) is 0 Å². The van der Waals surface area contributed by atoms with E-state index >= 15 is 0 Å². The number of nitrogens with zero attached hydrogens (tertiary/aromatic N) is 2. The van der Waals surface area contributed by atoms with E-state index in [1.165, 1.54) is 15.9 Å². The number of carbonyl (C=O) groups is 2. The average Bonchev–Trinajstić information content (AvgIpc) is 2.29. The predicted octanol–water partition coefficient (Wildman–Crippen LogP) is 0.364. The van der Waals surface area contributed by atoms with Crippen LogP contribution in [-0.4, -0.2) is 47.4 Å². The van der Waals surface area contributed by atoms with Gasteiger partial charge in [0.25, 0.3) is 0 Å². The molecule has 0 saturated carbocycles. The van der Waals surface area contributed by atoms with Gasteiger partial charge in [-0.05, 0) is 6.07 Å². The summed E-state index contributed by atoms with van der Waals surface area (Å²) in [4.78, 5) is 26.5. The summed E-state index contributed by atoms with van der Waals surface area (Å²) in [7, 11) is 3.16. The molecule has 1 fully saturated rings. The van der Waals surface area contributed by atoms with Crippen LogP contribution in [-0.2, 0) is 9.59 Å². The fourth-order valence-electron chi connectivity index (χ4n) is 1.97. The molecule has 1 saturated heterocycles. The highest BCUT2D eigenvalue weighted by Crippen LogP contribution is 2.31. The highest BCUT2D eigenvalue weighted by molar-refractivity contribution is 5.95. The molecule has 1 heterocycles. The first-order chi connectivity index (χ1) is 8.02. The third kappa shape index (κ3) is 1.84. The minimum Gasteiger partial charge on any atom is -0.508 e. The molecule has 17 heavy (non-hydrogen) atoms. The normalized spacial score (nSPS) is 20.9. The summed E-state index contributed by atoms with van der Waals surface area (Å²) in [6, 6.07) is 5.84. The summed E-state index contributed by atoms with van der Waals surface area (Å²) in [5.74, 6) is -0.297. The van der Waals surface area contributed by atoms with Crippen LogP contribution in [0.15, 0.2) is 24.3 Å². The molecule has 1 aromatic carbocycles. The zero-order valence-electron chi connectivity index (χ0n) is 9.75. The molecule has 1 aliphatic heterocycles. The Balaban J connectivity index is 2.45. The van der Waals surface area contributed by atoms with E-state index in [2.05, 4.69) is 0 Å². The second kappa shape index (κ2) is 4.08. The molecule has 2 rings (SSSR count). The summed E-state index contributed by atoms with van der Waals surface area (Å²) in [6.07, 6.45) is 0. The van der Waals surface area contributed by atoms with Gasteiger partial charge in [-0.3, -0.25) is 9.59 Å². The molecule has 90 valence electrons. The molecule has 1 N–H and O–H groups in total. The molecular weight excluding hydrogens is 220 g/mol. The summed E-state index contributed by atoms with van der Waals surface area (Å²) < 4.78 is 0. The Morgan fingerprint density at radius 3 is 2.53 bits per heavy atom. The fourth-order valence-corrected chi connectivity index (χ4v) is 1.97. The van der Waals surface area contributed by atoms with Crippen LogP contribution in [0.2, 0.25) is 0 Å². The van der Waals surface area contributed by atoms with Crippen LogP contribution >= 0.6 is 0 Å². The van der Waals surface area contributed by atoms with Gasteiger partial charge in [-0.25, -0.2) is 0 Å². The molecule has 1 aromatic rings. The molecule has 0 aromatic heterocycles. The molecule has 5 heteroatoms.